The predicted molar refractivity (Wildman–Crippen MR) is 124 cm³/mol. The number of hydrogen-bond acceptors (Lipinski definition) is 5. The zero-order valence-electron chi connectivity index (χ0n) is 16.6. The van der Waals surface area contributed by atoms with E-state index in [-0.39, 0.29) is 5.78 Å². The van der Waals surface area contributed by atoms with Gasteiger partial charge in [0.2, 0.25) is 5.78 Å². The molecule has 0 atom stereocenters. The number of nitrogens with two attached hydrogens (primary N) is 1. The van der Waals surface area contributed by atoms with Crippen LogP contribution in [-0.4, -0.2) is 5.78 Å². The lowest BCUT2D eigenvalue weighted by atomic mass is 10.1. The number of carbonyl (C=O) groups excluding carboxylic acids is 1. The van der Waals surface area contributed by atoms with Gasteiger partial charge in [-0.2, -0.15) is 0 Å². The topological polar surface area (TPSA) is 64.3 Å². The molecular formula is C25H22N2O2S. The summed E-state index contributed by atoms with van der Waals surface area (Å²) in [5.41, 5.74) is 9.41. The van der Waals surface area contributed by atoms with Crippen LogP contribution in [0.1, 0.15) is 27.7 Å². The maximum absolute atomic E-state index is 12.9. The van der Waals surface area contributed by atoms with Crippen LogP contribution in [0.5, 0.6) is 11.5 Å². The molecule has 3 N–H and O–H groups in total. The van der Waals surface area contributed by atoms with Gasteiger partial charge in [0.1, 0.15) is 16.4 Å². The Bertz CT molecular complexity index is 1140. The van der Waals surface area contributed by atoms with E-state index in [1.165, 1.54) is 11.3 Å². The SMILES string of the molecule is CCc1c(Nc2ccc(Oc3ccccc3)cc2)sc(C(=O)c2ccccc2)c1N. The van der Waals surface area contributed by atoms with Crippen LogP contribution in [-0.2, 0) is 6.42 Å². The van der Waals surface area contributed by atoms with Crippen molar-refractivity contribution in [2.24, 2.45) is 0 Å². The van der Waals surface area contributed by atoms with Crippen molar-refractivity contribution in [2.45, 2.75) is 13.3 Å². The van der Waals surface area contributed by atoms with Crippen molar-refractivity contribution >= 4 is 33.5 Å². The third-order valence-electron chi connectivity index (χ3n) is 4.73. The first-order valence-corrected chi connectivity index (χ1v) is 10.6. The van der Waals surface area contributed by atoms with Crippen LogP contribution < -0.4 is 15.8 Å². The molecule has 1 heterocycles. The number of hydrogen-bond donors (Lipinski definition) is 2. The van der Waals surface area contributed by atoms with Gasteiger partial charge in [-0.15, -0.1) is 11.3 Å². The molecule has 0 unspecified atom stereocenters. The summed E-state index contributed by atoms with van der Waals surface area (Å²) in [6.07, 6.45) is 0.738. The van der Waals surface area contributed by atoms with E-state index in [9.17, 15) is 4.79 Å². The standard InChI is InChI=1S/C25H22N2O2S/c1-2-21-22(26)24(23(28)17-9-5-3-6-10-17)30-25(21)27-18-13-15-20(16-14-18)29-19-11-7-4-8-12-19/h3-16,27H,2,26H2,1H3. The number of thiophene rings is 1. The molecule has 0 spiro atoms. The van der Waals surface area contributed by atoms with E-state index in [1.807, 2.05) is 91.9 Å². The molecule has 0 aliphatic heterocycles. The maximum atomic E-state index is 12.9. The zero-order chi connectivity index (χ0) is 20.9. The summed E-state index contributed by atoms with van der Waals surface area (Å²) in [5.74, 6) is 1.50. The van der Waals surface area contributed by atoms with E-state index < -0.39 is 0 Å². The minimum Gasteiger partial charge on any atom is -0.457 e. The first kappa shape index (κ1) is 19.7. The van der Waals surface area contributed by atoms with Crippen LogP contribution in [0.3, 0.4) is 0 Å². The first-order chi connectivity index (χ1) is 14.7. The maximum Gasteiger partial charge on any atom is 0.205 e. The number of benzene rings is 3. The second-order valence-electron chi connectivity index (χ2n) is 6.77. The highest BCUT2D eigenvalue weighted by Gasteiger charge is 2.21. The molecule has 1 aromatic heterocycles. The van der Waals surface area contributed by atoms with E-state index >= 15 is 0 Å². The lowest BCUT2D eigenvalue weighted by Crippen LogP contribution is -2.02. The zero-order valence-corrected chi connectivity index (χ0v) is 17.4. The largest absolute Gasteiger partial charge is 0.457 e. The van der Waals surface area contributed by atoms with Crippen LogP contribution in [0.2, 0.25) is 0 Å². The molecule has 4 rings (SSSR count). The number of ether oxygens (including phenoxy) is 1. The number of anilines is 3. The van der Waals surface area contributed by atoms with Crippen LogP contribution in [0.15, 0.2) is 84.9 Å². The van der Waals surface area contributed by atoms with Gasteiger partial charge in [-0.05, 0) is 42.8 Å². The molecule has 0 aliphatic rings. The fraction of sp³-hybridized carbons (Fsp3) is 0.0800. The van der Waals surface area contributed by atoms with E-state index in [2.05, 4.69) is 5.32 Å². The highest BCUT2D eigenvalue weighted by atomic mass is 32.1. The van der Waals surface area contributed by atoms with E-state index in [0.717, 1.165) is 34.2 Å². The fourth-order valence-corrected chi connectivity index (χ4v) is 4.38. The molecule has 0 amide bonds. The summed E-state index contributed by atoms with van der Waals surface area (Å²) < 4.78 is 5.84. The number of nitrogens with one attached hydrogen (secondary N) is 1. The lowest BCUT2D eigenvalue weighted by molar-refractivity contribution is 0.104. The minimum absolute atomic E-state index is 0.0486. The van der Waals surface area contributed by atoms with Crippen LogP contribution in [0.25, 0.3) is 0 Å². The fourth-order valence-electron chi connectivity index (χ4n) is 3.18. The molecule has 0 saturated heterocycles. The van der Waals surface area contributed by atoms with E-state index in [4.69, 9.17) is 10.5 Å². The molecule has 4 aromatic rings. The quantitative estimate of drug-likeness (QED) is 0.332. The second-order valence-corrected chi connectivity index (χ2v) is 7.79. The molecule has 0 fully saturated rings. The van der Waals surface area contributed by atoms with Gasteiger partial charge in [0.25, 0.3) is 0 Å². The van der Waals surface area contributed by atoms with Crippen molar-refractivity contribution in [2.75, 3.05) is 11.1 Å². The number of rotatable bonds is 7. The van der Waals surface area contributed by atoms with Crippen molar-refractivity contribution < 1.29 is 9.53 Å². The van der Waals surface area contributed by atoms with Crippen molar-refractivity contribution in [1.29, 1.82) is 0 Å². The second kappa shape index (κ2) is 8.84. The molecular weight excluding hydrogens is 392 g/mol. The molecule has 150 valence electrons. The Morgan fingerprint density at radius 2 is 1.50 bits per heavy atom. The van der Waals surface area contributed by atoms with E-state index in [0.29, 0.717) is 16.1 Å². The van der Waals surface area contributed by atoms with Crippen LogP contribution >= 0.6 is 11.3 Å². The highest BCUT2D eigenvalue weighted by molar-refractivity contribution is 7.19. The number of carbonyl (C=O) groups is 1. The third kappa shape index (κ3) is 4.21. The van der Waals surface area contributed by atoms with Gasteiger partial charge in [-0.3, -0.25) is 4.79 Å². The van der Waals surface area contributed by atoms with Gasteiger partial charge in [-0.1, -0.05) is 55.5 Å². The van der Waals surface area contributed by atoms with Gasteiger partial charge in [-0.25, -0.2) is 0 Å². The monoisotopic (exact) mass is 414 g/mol. The molecule has 0 aliphatic carbocycles. The van der Waals surface area contributed by atoms with Gasteiger partial charge < -0.3 is 15.8 Å². The van der Waals surface area contributed by atoms with Crippen molar-refractivity contribution in [1.82, 2.24) is 0 Å². The van der Waals surface area contributed by atoms with E-state index in [1.54, 1.807) is 0 Å². The predicted octanol–water partition coefficient (Wildman–Crippen LogP) is 6.66. The molecule has 0 radical (unpaired) electrons. The molecule has 30 heavy (non-hydrogen) atoms. The van der Waals surface area contributed by atoms with Gasteiger partial charge in [0, 0.05) is 16.8 Å². The average molecular weight is 415 g/mol. The third-order valence-corrected chi connectivity index (χ3v) is 5.90. The Kier molecular flexibility index (Phi) is 5.82. The van der Waals surface area contributed by atoms with Gasteiger partial charge in [0.05, 0.1) is 10.7 Å². The number of nitrogen functional groups attached to an aromatic ring is 1. The Morgan fingerprint density at radius 3 is 2.13 bits per heavy atom. The first-order valence-electron chi connectivity index (χ1n) is 9.76. The summed E-state index contributed by atoms with van der Waals surface area (Å²) in [6, 6.07) is 26.6. The van der Waals surface area contributed by atoms with Crippen LogP contribution in [0.4, 0.5) is 16.4 Å². The lowest BCUT2D eigenvalue weighted by Gasteiger charge is -2.09. The number of ketones is 1. The average Bonchev–Trinajstić information content (AvgIpc) is 3.10. The van der Waals surface area contributed by atoms with Crippen molar-refractivity contribution in [3.8, 4) is 11.5 Å². The molecule has 4 nitrogen and oxygen atoms in total. The summed E-state index contributed by atoms with van der Waals surface area (Å²) in [7, 11) is 0. The van der Waals surface area contributed by atoms with Crippen molar-refractivity contribution in [3.63, 3.8) is 0 Å². The Balaban J connectivity index is 1.55. The summed E-state index contributed by atoms with van der Waals surface area (Å²) in [6.45, 7) is 2.04. The highest BCUT2D eigenvalue weighted by Crippen LogP contribution is 2.39. The van der Waals surface area contributed by atoms with Gasteiger partial charge >= 0.3 is 0 Å². The van der Waals surface area contributed by atoms with Crippen LogP contribution in [0, 0.1) is 0 Å². The molecule has 3 aromatic carbocycles. The normalized spacial score (nSPS) is 10.6. The Labute approximate surface area is 180 Å². The summed E-state index contributed by atoms with van der Waals surface area (Å²) in [4.78, 5) is 13.5. The molecule has 5 heteroatoms. The summed E-state index contributed by atoms with van der Waals surface area (Å²) >= 11 is 1.40. The number of para-hydroxylation sites is 1. The Morgan fingerprint density at radius 1 is 0.900 bits per heavy atom. The smallest absolute Gasteiger partial charge is 0.205 e. The van der Waals surface area contributed by atoms with Crippen molar-refractivity contribution in [3.05, 3.63) is 101 Å². The minimum atomic E-state index is -0.0486. The Hall–Kier alpha value is -3.57. The van der Waals surface area contributed by atoms with Gasteiger partial charge in [0.15, 0.2) is 0 Å². The summed E-state index contributed by atoms with van der Waals surface area (Å²) in [5, 5.41) is 4.31. The molecule has 0 bridgehead atoms. The molecule has 0 saturated carbocycles.